The topological polar surface area (TPSA) is 62.2 Å². The molecule has 0 spiro atoms. The lowest BCUT2D eigenvalue weighted by molar-refractivity contribution is -0.139. The smallest absolute Gasteiger partial charge is 0.326 e. The molecule has 0 amide bonds. The Bertz CT molecular complexity index is 371. The molecule has 1 aromatic rings. The Hall–Kier alpha value is -1.10. The number of anilines is 1. The van der Waals surface area contributed by atoms with Gasteiger partial charge in [-0.05, 0) is 34.0 Å². The molecule has 0 aliphatic carbocycles. The first-order valence-corrected chi connectivity index (χ1v) is 5.95. The minimum atomic E-state index is -0.855. The van der Waals surface area contributed by atoms with Gasteiger partial charge in [0.25, 0.3) is 0 Å². The first-order valence-electron chi connectivity index (χ1n) is 5.16. The molecule has 1 aromatic heterocycles. The van der Waals surface area contributed by atoms with Crippen LogP contribution in [-0.2, 0) is 4.79 Å². The van der Waals surface area contributed by atoms with Gasteiger partial charge in [0, 0.05) is 6.20 Å². The van der Waals surface area contributed by atoms with Crippen molar-refractivity contribution >= 4 is 27.7 Å². The number of carbonyl (C=O) groups is 1. The fraction of sp³-hybridized carbons (Fsp3) is 0.455. The molecular weight excluding hydrogens is 272 g/mol. The Kier molecular flexibility index (Phi) is 4.73. The number of rotatable bonds is 5. The zero-order valence-electron chi connectivity index (χ0n) is 9.27. The van der Waals surface area contributed by atoms with Gasteiger partial charge >= 0.3 is 5.97 Å². The third kappa shape index (κ3) is 3.20. The van der Waals surface area contributed by atoms with E-state index < -0.39 is 12.0 Å². The van der Waals surface area contributed by atoms with Crippen LogP contribution in [0.5, 0.6) is 0 Å². The average Bonchev–Trinajstić information content (AvgIpc) is 2.26. The summed E-state index contributed by atoms with van der Waals surface area (Å²) >= 11 is 3.33. The molecule has 0 bridgehead atoms. The highest BCUT2D eigenvalue weighted by Crippen LogP contribution is 2.21. The fourth-order valence-electron chi connectivity index (χ4n) is 1.32. The van der Waals surface area contributed by atoms with Crippen LogP contribution >= 0.6 is 15.9 Å². The van der Waals surface area contributed by atoms with Crippen LogP contribution in [0.4, 0.5) is 5.82 Å². The summed E-state index contributed by atoms with van der Waals surface area (Å²) in [5.74, 6) is -0.242. The first kappa shape index (κ1) is 13.0. The number of aliphatic carboxylic acids is 1. The van der Waals surface area contributed by atoms with Crippen LogP contribution in [0.15, 0.2) is 22.8 Å². The molecule has 0 aromatic carbocycles. The third-order valence-corrected chi connectivity index (χ3v) is 3.17. The summed E-state index contributed by atoms with van der Waals surface area (Å²) in [5.41, 5.74) is 0. The van der Waals surface area contributed by atoms with E-state index in [0.29, 0.717) is 5.82 Å². The van der Waals surface area contributed by atoms with E-state index in [1.807, 2.05) is 19.9 Å². The maximum Gasteiger partial charge on any atom is 0.326 e. The molecule has 2 N–H and O–H groups in total. The average molecular weight is 287 g/mol. The van der Waals surface area contributed by atoms with E-state index in [-0.39, 0.29) is 5.92 Å². The molecule has 0 unspecified atom stereocenters. The van der Waals surface area contributed by atoms with Crippen molar-refractivity contribution in [2.24, 2.45) is 5.92 Å². The maximum absolute atomic E-state index is 11.1. The van der Waals surface area contributed by atoms with Crippen LogP contribution in [0, 0.1) is 5.92 Å². The molecule has 0 saturated heterocycles. The van der Waals surface area contributed by atoms with Gasteiger partial charge in [-0.2, -0.15) is 0 Å². The highest BCUT2D eigenvalue weighted by molar-refractivity contribution is 9.10. The van der Waals surface area contributed by atoms with E-state index in [1.165, 1.54) is 0 Å². The lowest BCUT2D eigenvalue weighted by Crippen LogP contribution is -2.35. The van der Waals surface area contributed by atoms with Gasteiger partial charge in [-0.3, -0.25) is 0 Å². The molecule has 2 atom stereocenters. The van der Waals surface area contributed by atoms with Crippen LogP contribution in [-0.4, -0.2) is 22.1 Å². The summed E-state index contributed by atoms with van der Waals surface area (Å²) in [6, 6.07) is 3.00. The van der Waals surface area contributed by atoms with Crippen molar-refractivity contribution in [3.8, 4) is 0 Å². The van der Waals surface area contributed by atoms with Gasteiger partial charge < -0.3 is 10.4 Å². The van der Waals surface area contributed by atoms with E-state index >= 15 is 0 Å². The van der Waals surface area contributed by atoms with Gasteiger partial charge in [0.1, 0.15) is 11.9 Å². The predicted molar refractivity (Wildman–Crippen MR) is 66.4 cm³/mol. The molecule has 0 fully saturated rings. The van der Waals surface area contributed by atoms with Crippen molar-refractivity contribution in [1.29, 1.82) is 0 Å². The zero-order valence-corrected chi connectivity index (χ0v) is 10.9. The van der Waals surface area contributed by atoms with Gasteiger partial charge in [-0.1, -0.05) is 20.3 Å². The quantitative estimate of drug-likeness (QED) is 0.874. The van der Waals surface area contributed by atoms with E-state index in [4.69, 9.17) is 5.11 Å². The number of nitrogens with one attached hydrogen (secondary N) is 1. The Morgan fingerprint density at radius 3 is 2.88 bits per heavy atom. The minimum absolute atomic E-state index is 0.0476. The second-order valence-electron chi connectivity index (χ2n) is 3.68. The van der Waals surface area contributed by atoms with Crippen LogP contribution in [0.2, 0.25) is 0 Å². The summed E-state index contributed by atoms with van der Waals surface area (Å²) in [4.78, 5) is 15.2. The Labute approximate surface area is 103 Å². The summed E-state index contributed by atoms with van der Waals surface area (Å²) in [6.07, 6.45) is 2.43. The molecule has 0 aliphatic rings. The van der Waals surface area contributed by atoms with Gasteiger partial charge in [0.15, 0.2) is 0 Å². The van der Waals surface area contributed by atoms with Gasteiger partial charge in [-0.15, -0.1) is 0 Å². The second-order valence-corrected chi connectivity index (χ2v) is 4.53. The van der Waals surface area contributed by atoms with Crippen molar-refractivity contribution in [3.63, 3.8) is 0 Å². The summed E-state index contributed by atoms with van der Waals surface area (Å²) < 4.78 is 0.768. The predicted octanol–water partition coefficient (Wildman–Crippen LogP) is 2.76. The maximum atomic E-state index is 11.1. The van der Waals surface area contributed by atoms with Gasteiger partial charge in [0.2, 0.25) is 0 Å². The lowest BCUT2D eigenvalue weighted by Gasteiger charge is -2.21. The highest BCUT2D eigenvalue weighted by Gasteiger charge is 2.24. The number of aromatic nitrogens is 1. The second kappa shape index (κ2) is 5.84. The molecule has 1 rings (SSSR count). The molecule has 0 radical (unpaired) electrons. The van der Waals surface area contributed by atoms with E-state index in [0.717, 1.165) is 10.9 Å². The number of pyridine rings is 1. The van der Waals surface area contributed by atoms with Crippen molar-refractivity contribution in [3.05, 3.63) is 22.8 Å². The van der Waals surface area contributed by atoms with Crippen LogP contribution < -0.4 is 5.32 Å². The van der Waals surface area contributed by atoms with E-state index in [2.05, 4.69) is 26.2 Å². The standard InChI is InChI=1S/C11H15BrN2O2/c1-3-7(2)9(11(15)16)14-10-8(12)5-4-6-13-10/h4-7,9H,3H2,1-2H3,(H,13,14)(H,15,16)/t7-,9-/m0/s1. The number of carboxylic acids is 1. The number of halogens is 1. The number of hydrogen-bond acceptors (Lipinski definition) is 3. The van der Waals surface area contributed by atoms with Crippen LogP contribution in [0.25, 0.3) is 0 Å². The Morgan fingerprint density at radius 2 is 2.38 bits per heavy atom. The molecule has 4 nitrogen and oxygen atoms in total. The lowest BCUT2D eigenvalue weighted by atomic mass is 9.99. The molecular formula is C11H15BrN2O2. The molecule has 1 heterocycles. The SMILES string of the molecule is CC[C@H](C)[C@H](Nc1ncccc1Br)C(=O)O. The van der Waals surface area contributed by atoms with Crippen molar-refractivity contribution in [2.75, 3.05) is 5.32 Å². The van der Waals surface area contributed by atoms with E-state index in [1.54, 1.807) is 12.3 Å². The van der Waals surface area contributed by atoms with E-state index in [9.17, 15) is 4.79 Å². The summed E-state index contributed by atoms with van der Waals surface area (Å²) in [5, 5.41) is 12.1. The normalized spacial score (nSPS) is 14.2. The number of carboxylic acid groups (broad SMARTS) is 1. The monoisotopic (exact) mass is 286 g/mol. The summed E-state index contributed by atoms with van der Waals surface area (Å²) in [6.45, 7) is 3.87. The van der Waals surface area contributed by atoms with Crippen molar-refractivity contribution in [2.45, 2.75) is 26.3 Å². The van der Waals surface area contributed by atoms with Crippen molar-refractivity contribution < 1.29 is 9.90 Å². The molecule has 0 saturated carbocycles. The fourth-order valence-corrected chi connectivity index (χ4v) is 1.69. The number of nitrogens with zero attached hydrogens (tertiary/aromatic N) is 1. The van der Waals surface area contributed by atoms with Crippen LogP contribution in [0.1, 0.15) is 20.3 Å². The highest BCUT2D eigenvalue weighted by atomic mass is 79.9. The Morgan fingerprint density at radius 1 is 1.69 bits per heavy atom. The molecule has 5 heteroatoms. The zero-order chi connectivity index (χ0) is 12.1. The Balaban J connectivity index is 2.84. The summed E-state index contributed by atoms with van der Waals surface area (Å²) in [7, 11) is 0. The van der Waals surface area contributed by atoms with Gasteiger partial charge in [-0.25, -0.2) is 9.78 Å². The van der Waals surface area contributed by atoms with Gasteiger partial charge in [0.05, 0.1) is 4.47 Å². The van der Waals surface area contributed by atoms with Crippen LogP contribution in [0.3, 0.4) is 0 Å². The molecule has 88 valence electrons. The molecule has 16 heavy (non-hydrogen) atoms. The minimum Gasteiger partial charge on any atom is -0.480 e. The third-order valence-electron chi connectivity index (χ3n) is 2.53. The first-order chi connectivity index (χ1) is 7.56. The number of hydrogen-bond donors (Lipinski definition) is 2. The van der Waals surface area contributed by atoms with Crippen molar-refractivity contribution in [1.82, 2.24) is 4.98 Å². The largest absolute Gasteiger partial charge is 0.480 e. The molecule has 0 aliphatic heterocycles.